The molecule has 0 saturated carbocycles. The number of ketones is 2. The fourth-order valence-electron chi connectivity index (χ4n) is 2.11. The van der Waals surface area contributed by atoms with E-state index in [2.05, 4.69) is 4.98 Å². The van der Waals surface area contributed by atoms with Gasteiger partial charge in [-0.3, -0.25) is 9.59 Å². The molecule has 0 amide bonds. The van der Waals surface area contributed by atoms with Crippen molar-refractivity contribution in [3.8, 4) is 17.1 Å². The minimum absolute atomic E-state index is 0.00791. The van der Waals surface area contributed by atoms with Crippen LogP contribution in [0.4, 0.5) is 0 Å². The highest BCUT2D eigenvalue weighted by molar-refractivity contribution is 6.52. The number of Topliss-reactive ketones (excluding diaryl/α,β-unsaturated/α-hetero) is 2. The van der Waals surface area contributed by atoms with Crippen molar-refractivity contribution in [3.05, 3.63) is 35.3 Å². The van der Waals surface area contributed by atoms with Crippen LogP contribution in [0.3, 0.4) is 0 Å². The van der Waals surface area contributed by atoms with Gasteiger partial charge >= 0.3 is 0 Å². The summed E-state index contributed by atoms with van der Waals surface area (Å²) < 4.78 is 5.57. The van der Waals surface area contributed by atoms with Crippen molar-refractivity contribution in [1.82, 2.24) is 4.98 Å². The summed E-state index contributed by atoms with van der Waals surface area (Å²) >= 11 is 0. The zero-order chi connectivity index (χ0) is 13.7. The molecule has 1 aliphatic carbocycles. The van der Waals surface area contributed by atoms with Gasteiger partial charge in [0.2, 0.25) is 5.78 Å². The molecule has 0 aliphatic heterocycles. The van der Waals surface area contributed by atoms with Gasteiger partial charge in [-0.1, -0.05) is 26.0 Å². The van der Waals surface area contributed by atoms with Gasteiger partial charge in [-0.15, -0.1) is 0 Å². The number of hydrogen-bond acceptors (Lipinski definition) is 5. The number of phenols is 1. The van der Waals surface area contributed by atoms with Gasteiger partial charge in [0.1, 0.15) is 5.75 Å². The van der Waals surface area contributed by atoms with E-state index >= 15 is 0 Å². The Balaban J connectivity index is 2.34. The van der Waals surface area contributed by atoms with Gasteiger partial charge in [-0.25, -0.2) is 4.98 Å². The number of oxazole rings is 1. The van der Waals surface area contributed by atoms with E-state index < -0.39 is 11.6 Å². The summed E-state index contributed by atoms with van der Waals surface area (Å²) in [7, 11) is 0. The van der Waals surface area contributed by atoms with E-state index in [9.17, 15) is 14.7 Å². The molecule has 5 nitrogen and oxygen atoms in total. The van der Waals surface area contributed by atoms with Crippen LogP contribution in [-0.2, 0) is 0 Å². The van der Waals surface area contributed by atoms with Gasteiger partial charge in [0.25, 0.3) is 5.78 Å². The molecule has 0 unspecified atom stereocenters. The number of rotatable bonds is 1. The Bertz CT molecular complexity index is 712. The predicted molar refractivity (Wildman–Crippen MR) is 66.4 cm³/mol. The number of aromatic nitrogens is 1. The molecule has 2 aromatic rings. The van der Waals surface area contributed by atoms with Crippen molar-refractivity contribution < 1.29 is 19.1 Å². The fraction of sp³-hybridized carbons (Fsp3) is 0.214. The molecule has 0 bridgehead atoms. The maximum absolute atomic E-state index is 12.0. The predicted octanol–water partition coefficient (Wildman–Crippen LogP) is 2.55. The van der Waals surface area contributed by atoms with Crippen LogP contribution in [0.1, 0.15) is 46.5 Å². The summed E-state index contributed by atoms with van der Waals surface area (Å²) in [6, 6.07) is 4.60. The van der Waals surface area contributed by atoms with Crippen molar-refractivity contribution in [1.29, 1.82) is 0 Å². The van der Waals surface area contributed by atoms with E-state index in [0.717, 1.165) is 0 Å². The van der Waals surface area contributed by atoms with Gasteiger partial charge in [0, 0.05) is 11.5 Å². The van der Waals surface area contributed by atoms with Gasteiger partial charge in [-0.05, 0) is 6.07 Å². The third-order valence-corrected chi connectivity index (χ3v) is 3.07. The van der Waals surface area contributed by atoms with Crippen LogP contribution < -0.4 is 0 Å². The third-order valence-electron chi connectivity index (χ3n) is 3.07. The summed E-state index contributed by atoms with van der Waals surface area (Å²) in [4.78, 5) is 28.1. The van der Waals surface area contributed by atoms with Crippen LogP contribution in [0.25, 0.3) is 11.3 Å². The second-order valence-electron chi connectivity index (χ2n) is 4.74. The lowest BCUT2D eigenvalue weighted by Gasteiger charge is -2.12. The highest BCUT2D eigenvalue weighted by atomic mass is 16.4. The monoisotopic (exact) mass is 257 g/mol. The molecule has 1 aromatic heterocycles. The van der Waals surface area contributed by atoms with Crippen LogP contribution in [0.15, 0.2) is 22.6 Å². The molecule has 3 rings (SSSR count). The number of phenolic OH excluding ortho intramolecular Hbond substituents is 1. The largest absolute Gasteiger partial charge is 0.507 e. The van der Waals surface area contributed by atoms with Gasteiger partial charge in [0.05, 0.1) is 5.56 Å². The summed E-state index contributed by atoms with van der Waals surface area (Å²) in [5.41, 5.74) is 0.442. The van der Waals surface area contributed by atoms with Crippen molar-refractivity contribution in [2.45, 2.75) is 19.8 Å². The average Bonchev–Trinajstić information content (AvgIpc) is 2.81. The zero-order valence-corrected chi connectivity index (χ0v) is 10.4. The molecule has 1 heterocycles. The summed E-state index contributed by atoms with van der Waals surface area (Å²) in [5, 5.41) is 9.75. The number of fused-ring (bicyclic) bond motifs is 3. The van der Waals surface area contributed by atoms with E-state index in [1.807, 2.05) is 13.8 Å². The van der Waals surface area contributed by atoms with Crippen molar-refractivity contribution >= 4 is 11.6 Å². The summed E-state index contributed by atoms with van der Waals surface area (Å²) in [6.45, 7) is 3.76. The maximum Gasteiger partial charge on any atom is 0.255 e. The lowest BCUT2D eigenvalue weighted by Crippen LogP contribution is -2.21. The first-order valence-electron chi connectivity index (χ1n) is 5.92. The van der Waals surface area contributed by atoms with E-state index in [0.29, 0.717) is 11.5 Å². The molecule has 96 valence electrons. The molecular formula is C14H11NO4. The highest BCUT2D eigenvalue weighted by Gasteiger charge is 2.37. The SMILES string of the molecule is CC(C)c1nc2c(o1)-c1cccc(O)c1C(=O)C2=O. The molecule has 19 heavy (non-hydrogen) atoms. The fourth-order valence-corrected chi connectivity index (χ4v) is 2.11. The van der Waals surface area contributed by atoms with Crippen LogP contribution in [-0.4, -0.2) is 21.7 Å². The first kappa shape index (κ1) is 11.6. The highest BCUT2D eigenvalue weighted by Crippen LogP contribution is 2.38. The maximum atomic E-state index is 12.0. The van der Waals surface area contributed by atoms with Gasteiger partial charge in [-0.2, -0.15) is 0 Å². The Kier molecular flexibility index (Phi) is 2.32. The molecule has 0 saturated heterocycles. The van der Waals surface area contributed by atoms with Crippen molar-refractivity contribution in [3.63, 3.8) is 0 Å². The molecule has 0 radical (unpaired) electrons. The normalized spacial score (nSPS) is 13.6. The molecule has 0 spiro atoms. The van der Waals surface area contributed by atoms with E-state index in [-0.39, 0.29) is 28.7 Å². The minimum atomic E-state index is -0.746. The number of carbonyl (C=O) groups is 2. The Morgan fingerprint density at radius 2 is 1.95 bits per heavy atom. The van der Waals surface area contributed by atoms with Crippen LogP contribution in [0.5, 0.6) is 5.75 Å². The lowest BCUT2D eigenvalue weighted by atomic mass is 9.90. The first-order chi connectivity index (χ1) is 9.00. The number of carbonyl (C=O) groups excluding carboxylic acids is 2. The van der Waals surface area contributed by atoms with Gasteiger partial charge < -0.3 is 9.52 Å². The Morgan fingerprint density at radius 3 is 2.63 bits per heavy atom. The lowest BCUT2D eigenvalue weighted by molar-refractivity contribution is 0.0810. The summed E-state index contributed by atoms with van der Waals surface area (Å²) in [6.07, 6.45) is 0. The Morgan fingerprint density at radius 1 is 1.21 bits per heavy atom. The van der Waals surface area contributed by atoms with E-state index in [1.54, 1.807) is 12.1 Å². The standard InChI is InChI=1S/C14H11NO4/c1-6(2)14-15-10-12(18)11(17)9-7(13(10)19-14)4-3-5-8(9)16/h3-6,16H,1-2H3. The molecule has 0 atom stereocenters. The van der Waals surface area contributed by atoms with E-state index in [1.165, 1.54) is 6.07 Å². The molecule has 1 aliphatic rings. The molecule has 5 heteroatoms. The van der Waals surface area contributed by atoms with Crippen molar-refractivity contribution in [2.75, 3.05) is 0 Å². The Labute approximate surface area is 108 Å². The van der Waals surface area contributed by atoms with Crippen molar-refractivity contribution in [2.24, 2.45) is 0 Å². The van der Waals surface area contributed by atoms with Crippen LogP contribution >= 0.6 is 0 Å². The number of benzene rings is 1. The van der Waals surface area contributed by atoms with Gasteiger partial charge in [0.15, 0.2) is 17.3 Å². The van der Waals surface area contributed by atoms with Crippen LogP contribution in [0, 0.1) is 0 Å². The third kappa shape index (κ3) is 1.51. The molecular weight excluding hydrogens is 246 g/mol. The minimum Gasteiger partial charge on any atom is -0.507 e. The number of aromatic hydroxyl groups is 1. The van der Waals surface area contributed by atoms with E-state index in [4.69, 9.17) is 4.42 Å². The number of nitrogens with zero attached hydrogens (tertiary/aromatic N) is 1. The molecule has 1 N–H and O–H groups in total. The van der Waals surface area contributed by atoms with Crippen LogP contribution in [0.2, 0.25) is 0 Å². The number of hydrogen-bond donors (Lipinski definition) is 1. The topological polar surface area (TPSA) is 80.4 Å². The smallest absolute Gasteiger partial charge is 0.255 e. The zero-order valence-electron chi connectivity index (χ0n) is 10.4. The molecule has 0 fully saturated rings. The Hall–Kier alpha value is -2.43. The first-order valence-corrected chi connectivity index (χ1v) is 5.92. The quantitative estimate of drug-likeness (QED) is 0.794. The molecule has 1 aromatic carbocycles. The summed E-state index contributed by atoms with van der Waals surface area (Å²) in [5.74, 6) is -1.02. The second-order valence-corrected chi connectivity index (χ2v) is 4.74. The second kappa shape index (κ2) is 3.78. The average molecular weight is 257 g/mol.